The zero-order valence-corrected chi connectivity index (χ0v) is 11.9. The first-order chi connectivity index (χ1) is 9.13. The van der Waals surface area contributed by atoms with E-state index in [1.54, 1.807) is 0 Å². The number of aryl methyl sites for hydroxylation is 1. The molecular formula is C16H21N3. The minimum absolute atomic E-state index is 0.667. The van der Waals surface area contributed by atoms with Gasteiger partial charge in [-0.05, 0) is 30.0 Å². The van der Waals surface area contributed by atoms with E-state index in [2.05, 4.69) is 41.8 Å². The number of rotatable bonds is 5. The van der Waals surface area contributed by atoms with E-state index in [0.717, 1.165) is 41.0 Å². The molecule has 3 nitrogen and oxygen atoms in total. The van der Waals surface area contributed by atoms with Crippen molar-refractivity contribution < 1.29 is 0 Å². The fraction of sp³-hybridized carbons (Fsp3) is 0.375. The average molecular weight is 255 g/mol. The molecule has 1 heterocycles. The minimum atomic E-state index is 0.667. The number of aromatic nitrogens is 2. The van der Waals surface area contributed by atoms with Crippen LogP contribution in [0.25, 0.3) is 17.0 Å². The van der Waals surface area contributed by atoms with Crippen molar-refractivity contribution in [3.05, 3.63) is 36.2 Å². The molecular weight excluding hydrogens is 234 g/mol. The standard InChI is InChI=1S/C16H21N3/c1-5-12-7-8-14-13(10-12)16(17-4)19-15(18-14)9-6-11(2)3/h5,7-8,10-11H,1,6,9H2,2-4H3,(H,17,18,19). The normalized spacial score (nSPS) is 10.9. The highest BCUT2D eigenvalue weighted by molar-refractivity contribution is 5.90. The lowest BCUT2D eigenvalue weighted by atomic mass is 10.1. The van der Waals surface area contributed by atoms with Gasteiger partial charge in [-0.1, -0.05) is 32.6 Å². The number of fused-ring (bicyclic) bond motifs is 1. The van der Waals surface area contributed by atoms with Crippen molar-refractivity contribution in [3.63, 3.8) is 0 Å². The van der Waals surface area contributed by atoms with E-state index in [9.17, 15) is 0 Å². The van der Waals surface area contributed by atoms with Crippen LogP contribution in [0, 0.1) is 5.92 Å². The van der Waals surface area contributed by atoms with Crippen molar-refractivity contribution >= 4 is 22.8 Å². The SMILES string of the molecule is C=Cc1ccc2nc(CCC(C)C)nc(NC)c2c1. The van der Waals surface area contributed by atoms with E-state index in [1.807, 2.05) is 25.3 Å². The molecule has 3 heteroatoms. The Hall–Kier alpha value is -1.90. The maximum absolute atomic E-state index is 4.65. The molecule has 0 fully saturated rings. The van der Waals surface area contributed by atoms with Gasteiger partial charge in [0.15, 0.2) is 0 Å². The molecule has 100 valence electrons. The molecule has 2 aromatic rings. The zero-order chi connectivity index (χ0) is 13.8. The summed E-state index contributed by atoms with van der Waals surface area (Å²) < 4.78 is 0. The van der Waals surface area contributed by atoms with Gasteiger partial charge in [0, 0.05) is 18.9 Å². The third kappa shape index (κ3) is 3.11. The third-order valence-electron chi connectivity index (χ3n) is 3.18. The van der Waals surface area contributed by atoms with E-state index in [1.165, 1.54) is 0 Å². The Kier molecular flexibility index (Phi) is 4.15. The highest BCUT2D eigenvalue weighted by Gasteiger charge is 2.07. The first kappa shape index (κ1) is 13.5. The fourth-order valence-electron chi connectivity index (χ4n) is 2.04. The first-order valence-electron chi connectivity index (χ1n) is 6.75. The molecule has 19 heavy (non-hydrogen) atoms. The summed E-state index contributed by atoms with van der Waals surface area (Å²) in [5, 5.41) is 4.21. The summed E-state index contributed by atoms with van der Waals surface area (Å²) in [6.45, 7) is 8.24. The second-order valence-corrected chi connectivity index (χ2v) is 5.15. The summed E-state index contributed by atoms with van der Waals surface area (Å²) in [6, 6.07) is 6.14. The molecule has 0 unspecified atom stereocenters. The van der Waals surface area contributed by atoms with Crippen LogP contribution in [0.4, 0.5) is 5.82 Å². The highest BCUT2D eigenvalue weighted by Crippen LogP contribution is 2.22. The molecule has 1 aromatic heterocycles. The van der Waals surface area contributed by atoms with Gasteiger partial charge in [0.2, 0.25) is 0 Å². The van der Waals surface area contributed by atoms with Crippen molar-refractivity contribution in [2.75, 3.05) is 12.4 Å². The Bertz CT molecular complexity index is 588. The van der Waals surface area contributed by atoms with Crippen LogP contribution in [-0.2, 0) is 6.42 Å². The van der Waals surface area contributed by atoms with Crippen molar-refractivity contribution in [3.8, 4) is 0 Å². The van der Waals surface area contributed by atoms with Gasteiger partial charge in [-0.2, -0.15) is 0 Å². The average Bonchev–Trinajstić information content (AvgIpc) is 2.43. The van der Waals surface area contributed by atoms with Crippen LogP contribution in [0.3, 0.4) is 0 Å². The number of nitrogens with one attached hydrogen (secondary N) is 1. The van der Waals surface area contributed by atoms with Gasteiger partial charge in [-0.15, -0.1) is 0 Å². The second-order valence-electron chi connectivity index (χ2n) is 5.15. The lowest BCUT2D eigenvalue weighted by molar-refractivity contribution is 0.576. The summed E-state index contributed by atoms with van der Waals surface area (Å²) in [5.74, 6) is 2.48. The summed E-state index contributed by atoms with van der Waals surface area (Å²) in [7, 11) is 1.90. The quantitative estimate of drug-likeness (QED) is 0.880. The molecule has 0 saturated heterocycles. The van der Waals surface area contributed by atoms with Gasteiger partial charge < -0.3 is 5.32 Å². The maximum Gasteiger partial charge on any atom is 0.137 e. The Balaban J connectivity index is 2.45. The van der Waals surface area contributed by atoms with Crippen LogP contribution in [0.2, 0.25) is 0 Å². The van der Waals surface area contributed by atoms with Crippen molar-refractivity contribution in [2.24, 2.45) is 5.92 Å². The fourth-order valence-corrected chi connectivity index (χ4v) is 2.04. The molecule has 0 amide bonds. The molecule has 0 saturated carbocycles. The first-order valence-corrected chi connectivity index (χ1v) is 6.75. The largest absolute Gasteiger partial charge is 0.373 e. The van der Waals surface area contributed by atoms with E-state index in [-0.39, 0.29) is 0 Å². The summed E-state index contributed by atoms with van der Waals surface area (Å²) in [5.41, 5.74) is 2.08. The molecule has 0 aliphatic heterocycles. The van der Waals surface area contributed by atoms with Gasteiger partial charge in [0.25, 0.3) is 0 Å². The maximum atomic E-state index is 4.65. The molecule has 1 aromatic carbocycles. The topological polar surface area (TPSA) is 37.8 Å². The Morgan fingerprint density at radius 2 is 2.11 bits per heavy atom. The van der Waals surface area contributed by atoms with Crippen LogP contribution in [0.1, 0.15) is 31.7 Å². The minimum Gasteiger partial charge on any atom is -0.373 e. The molecule has 0 atom stereocenters. The predicted octanol–water partition coefficient (Wildman–Crippen LogP) is 3.90. The molecule has 2 rings (SSSR count). The van der Waals surface area contributed by atoms with Crippen LogP contribution in [0.5, 0.6) is 0 Å². The van der Waals surface area contributed by atoms with Crippen LogP contribution < -0.4 is 5.32 Å². The summed E-state index contributed by atoms with van der Waals surface area (Å²) in [6.07, 6.45) is 3.87. The van der Waals surface area contributed by atoms with E-state index < -0.39 is 0 Å². The number of nitrogens with zero attached hydrogens (tertiary/aromatic N) is 2. The van der Waals surface area contributed by atoms with E-state index in [0.29, 0.717) is 5.92 Å². The van der Waals surface area contributed by atoms with Crippen LogP contribution in [-0.4, -0.2) is 17.0 Å². The number of hydrogen-bond donors (Lipinski definition) is 1. The van der Waals surface area contributed by atoms with Crippen molar-refractivity contribution in [2.45, 2.75) is 26.7 Å². The Labute approximate surface area is 114 Å². The van der Waals surface area contributed by atoms with Crippen molar-refractivity contribution in [1.82, 2.24) is 9.97 Å². The van der Waals surface area contributed by atoms with Gasteiger partial charge in [0.05, 0.1) is 5.52 Å². The van der Waals surface area contributed by atoms with E-state index in [4.69, 9.17) is 0 Å². The molecule has 1 N–H and O–H groups in total. The zero-order valence-electron chi connectivity index (χ0n) is 11.9. The number of anilines is 1. The molecule has 0 radical (unpaired) electrons. The predicted molar refractivity (Wildman–Crippen MR) is 82.3 cm³/mol. The molecule has 0 aliphatic carbocycles. The monoisotopic (exact) mass is 255 g/mol. The third-order valence-corrected chi connectivity index (χ3v) is 3.18. The van der Waals surface area contributed by atoms with Crippen LogP contribution in [0.15, 0.2) is 24.8 Å². The Morgan fingerprint density at radius 1 is 1.32 bits per heavy atom. The molecule has 0 spiro atoms. The summed E-state index contributed by atoms with van der Waals surface area (Å²) >= 11 is 0. The number of benzene rings is 1. The molecule has 0 aliphatic rings. The highest BCUT2D eigenvalue weighted by atomic mass is 15.0. The van der Waals surface area contributed by atoms with Gasteiger partial charge in [-0.3, -0.25) is 0 Å². The van der Waals surface area contributed by atoms with Crippen LogP contribution >= 0.6 is 0 Å². The van der Waals surface area contributed by atoms with Gasteiger partial charge >= 0.3 is 0 Å². The van der Waals surface area contributed by atoms with Gasteiger partial charge in [0.1, 0.15) is 11.6 Å². The van der Waals surface area contributed by atoms with Gasteiger partial charge in [-0.25, -0.2) is 9.97 Å². The Morgan fingerprint density at radius 3 is 2.74 bits per heavy atom. The summed E-state index contributed by atoms with van der Waals surface area (Å²) in [4.78, 5) is 9.26. The lowest BCUT2D eigenvalue weighted by Crippen LogP contribution is -2.03. The second kappa shape index (κ2) is 5.83. The van der Waals surface area contributed by atoms with E-state index >= 15 is 0 Å². The smallest absolute Gasteiger partial charge is 0.137 e. The van der Waals surface area contributed by atoms with Crippen molar-refractivity contribution in [1.29, 1.82) is 0 Å². The lowest BCUT2D eigenvalue weighted by Gasteiger charge is -2.09. The number of hydrogen-bond acceptors (Lipinski definition) is 3. The molecule has 0 bridgehead atoms.